The van der Waals surface area contributed by atoms with Crippen LogP contribution in [0.5, 0.6) is 0 Å². The van der Waals surface area contributed by atoms with Gasteiger partial charge in [-0.2, -0.15) is 0 Å². The average molecular weight is 467 g/mol. The summed E-state index contributed by atoms with van der Waals surface area (Å²) in [4.78, 5) is 34.1. The van der Waals surface area contributed by atoms with E-state index in [1.165, 1.54) is 11.8 Å². The number of benzene rings is 1. The van der Waals surface area contributed by atoms with Crippen molar-refractivity contribution in [1.82, 2.24) is 9.97 Å². The maximum atomic E-state index is 12.6. The van der Waals surface area contributed by atoms with Crippen LogP contribution in [0.3, 0.4) is 0 Å². The molecule has 0 radical (unpaired) electrons. The van der Waals surface area contributed by atoms with Gasteiger partial charge in [0.1, 0.15) is 0 Å². The molecule has 0 spiro atoms. The van der Waals surface area contributed by atoms with Crippen LogP contribution in [0.2, 0.25) is 0 Å². The average Bonchev–Trinajstić information content (AvgIpc) is 2.68. The maximum Gasteiger partial charge on any atom is 0.254 e. The van der Waals surface area contributed by atoms with Crippen molar-refractivity contribution in [3.63, 3.8) is 0 Å². The lowest BCUT2D eigenvalue weighted by molar-refractivity contribution is -0.116. The molecule has 2 N–H and O–H groups in total. The molecule has 28 heavy (non-hydrogen) atoms. The molecule has 9 heteroatoms. The van der Waals surface area contributed by atoms with Gasteiger partial charge in [0.15, 0.2) is 5.16 Å². The molecule has 2 heterocycles. The van der Waals surface area contributed by atoms with Crippen LogP contribution >= 0.6 is 27.7 Å². The van der Waals surface area contributed by atoms with Crippen LogP contribution in [0, 0.1) is 6.92 Å². The van der Waals surface area contributed by atoms with Gasteiger partial charge >= 0.3 is 0 Å². The predicted octanol–water partition coefficient (Wildman–Crippen LogP) is 2.97. The van der Waals surface area contributed by atoms with Crippen molar-refractivity contribution < 1.29 is 9.53 Å². The Bertz CT molecular complexity index is 913. The summed E-state index contributed by atoms with van der Waals surface area (Å²) in [6.45, 7) is 4.71. The van der Waals surface area contributed by atoms with Gasteiger partial charge in [-0.3, -0.25) is 9.59 Å². The van der Waals surface area contributed by atoms with Gasteiger partial charge in [0, 0.05) is 35.2 Å². The molecule has 0 atom stereocenters. The number of hydrogen-bond acceptors (Lipinski definition) is 6. The predicted molar refractivity (Wildman–Crippen MR) is 116 cm³/mol. The lowest BCUT2D eigenvalue weighted by atomic mass is 10.1. The zero-order chi connectivity index (χ0) is 20.1. The highest BCUT2D eigenvalue weighted by molar-refractivity contribution is 9.10. The third-order valence-corrected chi connectivity index (χ3v) is 5.65. The first-order valence-electron chi connectivity index (χ1n) is 9.04. The molecule has 1 aromatic heterocycles. The van der Waals surface area contributed by atoms with Crippen molar-refractivity contribution in [1.29, 1.82) is 0 Å². The van der Waals surface area contributed by atoms with Crippen molar-refractivity contribution in [2.45, 2.75) is 24.9 Å². The molecule has 3 rings (SSSR count). The Morgan fingerprint density at radius 1 is 1.39 bits per heavy atom. The van der Waals surface area contributed by atoms with Gasteiger partial charge in [0.2, 0.25) is 5.91 Å². The Balaban J connectivity index is 1.70. The van der Waals surface area contributed by atoms with E-state index in [9.17, 15) is 9.59 Å². The number of amides is 1. The number of carbonyl (C=O) groups excluding carboxylic acids is 1. The Labute approximate surface area is 176 Å². The van der Waals surface area contributed by atoms with E-state index >= 15 is 0 Å². The van der Waals surface area contributed by atoms with Gasteiger partial charge < -0.3 is 19.9 Å². The number of nitrogens with one attached hydrogen (secondary N) is 2. The molecule has 150 valence electrons. The van der Waals surface area contributed by atoms with Crippen LogP contribution in [0.25, 0.3) is 0 Å². The lowest BCUT2D eigenvalue weighted by Crippen LogP contribution is -2.36. The molecule has 1 aromatic carbocycles. The largest absolute Gasteiger partial charge is 0.378 e. The molecule has 0 saturated carbocycles. The van der Waals surface area contributed by atoms with E-state index < -0.39 is 0 Å². The molecule has 0 unspecified atom stereocenters. The molecular weight excluding hydrogens is 444 g/mol. The number of aryl methyl sites for hydroxylation is 1. The number of halogens is 1. The first-order chi connectivity index (χ1) is 13.5. The lowest BCUT2D eigenvalue weighted by Gasteiger charge is -2.30. The van der Waals surface area contributed by atoms with Gasteiger partial charge in [-0.15, -0.1) is 0 Å². The van der Waals surface area contributed by atoms with Crippen LogP contribution in [-0.2, 0) is 16.0 Å². The van der Waals surface area contributed by atoms with E-state index in [4.69, 9.17) is 4.74 Å². The van der Waals surface area contributed by atoms with E-state index in [2.05, 4.69) is 36.1 Å². The molecule has 0 bridgehead atoms. The van der Waals surface area contributed by atoms with Crippen molar-refractivity contribution >= 4 is 45.0 Å². The van der Waals surface area contributed by atoms with Crippen molar-refractivity contribution in [2.75, 3.05) is 42.8 Å². The first-order valence-corrected chi connectivity index (χ1v) is 11.1. The van der Waals surface area contributed by atoms with Gasteiger partial charge in [0.05, 0.1) is 24.6 Å². The second kappa shape index (κ2) is 9.58. The summed E-state index contributed by atoms with van der Waals surface area (Å²) in [5.41, 5.74) is 2.76. The molecule has 1 aliphatic heterocycles. The molecule has 1 aliphatic rings. The zero-order valence-corrected chi connectivity index (χ0v) is 18.3. The number of aromatic amines is 1. The minimum Gasteiger partial charge on any atom is -0.378 e. The summed E-state index contributed by atoms with van der Waals surface area (Å²) >= 11 is 4.85. The number of rotatable bonds is 6. The number of anilines is 2. The molecule has 7 nitrogen and oxygen atoms in total. The van der Waals surface area contributed by atoms with E-state index in [0.29, 0.717) is 36.0 Å². The second-order valence-electron chi connectivity index (χ2n) is 6.45. The van der Waals surface area contributed by atoms with Crippen LogP contribution in [-0.4, -0.2) is 48.4 Å². The van der Waals surface area contributed by atoms with Gasteiger partial charge in [-0.1, -0.05) is 27.7 Å². The van der Waals surface area contributed by atoms with E-state index in [0.717, 1.165) is 28.9 Å². The Hall–Kier alpha value is -1.84. The van der Waals surface area contributed by atoms with Gasteiger partial charge in [-0.25, -0.2) is 4.98 Å². The normalized spacial score (nSPS) is 14.2. The summed E-state index contributed by atoms with van der Waals surface area (Å²) < 4.78 is 6.31. The minimum atomic E-state index is -0.180. The monoisotopic (exact) mass is 466 g/mol. The highest BCUT2D eigenvalue weighted by Gasteiger charge is 2.17. The summed E-state index contributed by atoms with van der Waals surface area (Å²) in [6, 6.07) is 5.85. The third kappa shape index (κ3) is 5.15. The molecular formula is C19H23BrN4O3S. The Morgan fingerprint density at radius 2 is 2.14 bits per heavy atom. The minimum absolute atomic E-state index is 0.139. The quantitative estimate of drug-likeness (QED) is 0.502. The fraction of sp³-hybridized carbons (Fsp3) is 0.421. The van der Waals surface area contributed by atoms with Crippen molar-refractivity contribution in [2.24, 2.45) is 0 Å². The number of H-pyrrole nitrogens is 1. The molecule has 0 aliphatic carbocycles. The van der Waals surface area contributed by atoms with Crippen LogP contribution < -0.4 is 15.8 Å². The fourth-order valence-corrected chi connectivity index (χ4v) is 3.90. The number of carbonyl (C=O) groups is 1. The van der Waals surface area contributed by atoms with Crippen molar-refractivity contribution in [3.8, 4) is 0 Å². The van der Waals surface area contributed by atoms with Crippen LogP contribution in [0.1, 0.15) is 17.7 Å². The van der Waals surface area contributed by atoms with E-state index in [-0.39, 0.29) is 17.9 Å². The highest BCUT2D eigenvalue weighted by Crippen LogP contribution is 2.30. The van der Waals surface area contributed by atoms with Gasteiger partial charge in [-0.05, 0) is 37.8 Å². The van der Waals surface area contributed by atoms with Crippen LogP contribution in [0.4, 0.5) is 11.4 Å². The summed E-state index contributed by atoms with van der Waals surface area (Å²) in [6.07, 6.45) is 2.41. The summed E-state index contributed by atoms with van der Waals surface area (Å²) in [5, 5.41) is 3.58. The third-order valence-electron chi connectivity index (χ3n) is 4.58. The molecule has 1 saturated heterocycles. The second-order valence-corrected chi connectivity index (χ2v) is 8.16. The highest BCUT2D eigenvalue weighted by atomic mass is 79.9. The number of thioether (sulfide) groups is 1. The first kappa shape index (κ1) is 20.9. The summed E-state index contributed by atoms with van der Waals surface area (Å²) in [5.74, 6) is -0.139. The fourth-order valence-electron chi connectivity index (χ4n) is 3.12. The molecule has 1 amide bonds. The maximum absolute atomic E-state index is 12.6. The van der Waals surface area contributed by atoms with E-state index in [1.54, 1.807) is 6.92 Å². The number of ether oxygens (including phenoxy) is 1. The number of hydrogen-bond donors (Lipinski definition) is 2. The standard InChI is InChI=1S/C19H23BrN4O3S/c1-12-14(18(26)23-19(21-12)28-2)4-6-17(25)22-15-11-13(20)3-5-16(15)24-7-9-27-10-8-24/h3,5,11H,4,6-10H2,1-2H3,(H,22,25)(H,21,23,26). The summed E-state index contributed by atoms with van der Waals surface area (Å²) in [7, 11) is 0. The SMILES string of the molecule is CSc1nc(C)c(CCC(=O)Nc2cc(Br)ccc2N2CCOCC2)c(=O)[nH]1. The van der Waals surface area contributed by atoms with Crippen LogP contribution in [0.15, 0.2) is 32.6 Å². The number of aromatic nitrogens is 2. The smallest absolute Gasteiger partial charge is 0.254 e. The topological polar surface area (TPSA) is 87.3 Å². The Kier molecular flexibility index (Phi) is 7.14. The molecule has 1 fully saturated rings. The van der Waals surface area contributed by atoms with Crippen molar-refractivity contribution in [3.05, 3.63) is 44.3 Å². The number of morpholine rings is 1. The van der Waals surface area contributed by atoms with E-state index in [1.807, 2.05) is 24.5 Å². The van der Waals surface area contributed by atoms with Gasteiger partial charge in [0.25, 0.3) is 5.56 Å². The molecule has 2 aromatic rings. The zero-order valence-electron chi connectivity index (χ0n) is 15.9. The number of nitrogens with zero attached hydrogens (tertiary/aromatic N) is 2. The Morgan fingerprint density at radius 3 is 2.82 bits per heavy atom.